The predicted octanol–water partition coefficient (Wildman–Crippen LogP) is 4.12. The smallest absolute Gasteiger partial charge is 0.262 e. The molecule has 1 heterocycles. The summed E-state index contributed by atoms with van der Waals surface area (Å²) in [5.41, 5.74) is 1.67. The van der Waals surface area contributed by atoms with E-state index in [0.717, 1.165) is 25.0 Å². The molecule has 1 saturated heterocycles. The van der Waals surface area contributed by atoms with Gasteiger partial charge in [-0.3, -0.25) is 4.79 Å². The molecule has 1 N–H and O–H groups in total. The van der Waals surface area contributed by atoms with Crippen LogP contribution < -0.4 is 10.1 Å². The predicted molar refractivity (Wildman–Crippen MR) is 108 cm³/mol. The molecule has 2 aromatic rings. The van der Waals surface area contributed by atoms with Crippen LogP contribution in [-0.2, 0) is 16.1 Å². The van der Waals surface area contributed by atoms with Crippen molar-refractivity contribution in [1.82, 2.24) is 5.32 Å². The molecule has 1 aliphatic heterocycles. The second-order valence-electron chi connectivity index (χ2n) is 6.47. The fourth-order valence-electron chi connectivity index (χ4n) is 2.88. The topological polar surface area (TPSA) is 71.3 Å². The van der Waals surface area contributed by atoms with Crippen LogP contribution in [-0.4, -0.2) is 25.2 Å². The van der Waals surface area contributed by atoms with Gasteiger partial charge in [-0.05, 0) is 42.7 Å². The van der Waals surface area contributed by atoms with Crippen molar-refractivity contribution in [2.75, 3.05) is 13.2 Å². The highest BCUT2D eigenvalue weighted by Gasteiger charge is 2.18. The number of carbonyl (C=O) groups excluding carboxylic acids is 1. The molecule has 0 spiro atoms. The molecular weight excluding hydrogens is 376 g/mol. The summed E-state index contributed by atoms with van der Waals surface area (Å²) >= 11 is 5.90. The molecule has 28 heavy (non-hydrogen) atoms. The Morgan fingerprint density at radius 3 is 2.79 bits per heavy atom. The molecule has 1 fully saturated rings. The number of nitrogens with zero attached hydrogens (tertiary/aromatic N) is 1. The summed E-state index contributed by atoms with van der Waals surface area (Å²) in [6.07, 6.45) is 3.49. The van der Waals surface area contributed by atoms with Crippen molar-refractivity contribution in [3.63, 3.8) is 0 Å². The number of ether oxygens (including phenoxy) is 2. The third kappa shape index (κ3) is 5.59. The first-order valence-corrected chi connectivity index (χ1v) is 9.51. The molecule has 6 heteroatoms. The molecule has 3 rings (SSSR count). The lowest BCUT2D eigenvalue weighted by Gasteiger charge is -2.11. The van der Waals surface area contributed by atoms with Gasteiger partial charge in [-0.15, -0.1) is 0 Å². The van der Waals surface area contributed by atoms with Gasteiger partial charge in [0.15, 0.2) is 0 Å². The number of hydrogen-bond donors (Lipinski definition) is 1. The third-order valence-corrected chi connectivity index (χ3v) is 4.66. The van der Waals surface area contributed by atoms with Gasteiger partial charge in [-0.2, -0.15) is 5.26 Å². The van der Waals surface area contributed by atoms with Crippen molar-refractivity contribution < 1.29 is 14.3 Å². The Hall–Kier alpha value is -2.81. The first-order chi connectivity index (χ1) is 13.7. The first-order valence-electron chi connectivity index (χ1n) is 9.13. The normalized spacial score (nSPS) is 16.4. The van der Waals surface area contributed by atoms with Gasteiger partial charge in [0.05, 0.1) is 6.10 Å². The number of amides is 1. The summed E-state index contributed by atoms with van der Waals surface area (Å²) in [6, 6.07) is 16.6. The molecule has 2 aromatic carbocycles. The van der Waals surface area contributed by atoms with Crippen molar-refractivity contribution in [2.24, 2.45) is 0 Å². The summed E-state index contributed by atoms with van der Waals surface area (Å²) in [4.78, 5) is 12.3. The van der Waals surface area contributed by atoms with Gasteiger partial charge >= 0.3 is 0 Å². The summed E-state index contributed by atoms with van der Waals surface area (Å²) in [5.74, 6) is 0.183. The number of nitriles is 1. The molecule has 0 aliphatic carbocycles. The molecule has 144 valence electrons. The fourth-order valence-corrected chi connectivity index (χ4v) is 3.01. The van der Waals surface area contributed by atoms with E-state index in [4.69, 9.17) is 21.1 Å². The van der Waals surface area contributed by atoms with Crippen molar-refractivity contribution in [2.45, 2.75) is 25.6 Å². The molecule has 0 radical (unpaired) electrons. The van der Waals surface area contributed by atoms with E-state index in [9.17, 15) is 10.1 Å². The lowest BCUT2D eigenvalue weighted by molar-refractivity contribution is -0.117. The van der Waals surface area contributed by atoms with Crippen molar-refractivity contribution in [1.29, 1.82) is 5.26 Å². The molecule has 1 unspecified atom stereocenters. The molecule has 1 aliphatic rings. The highest BCUT2D eigenvalue weighted by molar-refractivity contribution is 6.30. The van der Waals surface area contributed by atoms with E-state index < -0.39 is 5.91 Å². The minimum Gasteiger partial charge on any atom is -0.488 e. The molecule has 0 bridgehead atoms. The number of halogens is 1. The molecule has 0 saturated carbocycles. The molecule has 1 atom stereocenters. The number of benzene rings is 2. The monoisotopic (exact) mass is 396 g/mol. The van der Waals surface area contributed by atoms with E-state index in [0.29, 0.717) is 29.5 Å². The minimum absolute atomic E-state index is 0.0267. The summed E-state index contributed by atoms with van der Waals surface area (Å²) in [7, 11) is 0. The van der Waals surface area contributed by atoms with Crippen LogP contribution in [0.2, 0.25) is 5.02 Å². The highest BCUT2D eigenvalue weighted by atomic mass is 35.5. The van der Waals surface area contributed by atoms with Gasteiger partial charge in [-0.25, -0.2) is 0 Å². The number of nitrogens with one attached hydrogen (secondary N) is 1. The highest BCUT2D eigenvalue weighted by Crippen LogP contribution is 2.22. The van der Waals surface area contributed by atoms with E-state index in [1.807, 2.05) is 36.4 Å². The van der Waals surface area contributed by atoms with Crippen LogP contribution in [0.3, 0.4) is 0 Å². The molecule has 5 nitrogen and oxygen atoms in total. The Morgan fingerprint density at radius 2 is 2.07 bits per heavy atom. The Balaban J connectivity index is 1.67. The Morgan fingerprint density at radius 1 is 1.29 bits per heavy atom. The molecule has 0 aromatic heterocycles. The summed E-state index contributed by atoms with van der Waals surface area (Å²) in [5, 5.41) is 12.8. The SMILES string of the molecule is N#CC(=Cc1ccccc1OCc1ccc(Cl)cc1)C(=O)NCC1CCCO1. The average molecular weight is 397 g/mol. The Kier molecular flexibility index (Phi) is 7.07. The molecule has 1 amide bonds. The molecular formula is C22H21ClN2O3. The van der Waals surface area contributed by atoms with Gasteiger partial charge in [0, 0.05) is 23.7 Å². The quantitative estimate of drug-likeness (QED) is 0.564. The van der Waals surface area contributed by atoms with Crippen LogP contribution >= 0.6 is 11.6 Å². The second-order valence-corrected chi connectivity index (χ2v) is 6.90. The van der Waals surface area contributed by atoms with Crippen molar-refractivity contribution in [3.05, 3.63) is 70.3 Å². The number of carbonyl (C=O) groups is 1. The van der Waals surface area contributed by atoms with Crippen molar-refractivity contribution >= 4 is 23.6 Å². The van der Waals surface area contributed by atoms with Crippen molar-refractivity contribution in [3.8, 4) is 11.8 Å². The van der Waals surface area contributed by atoms with Crippen LogP contribution in [0, 0.1) is 11.3 Å². The Labute approximate surface area is 169 Å². The van der Waals surface area contributed by atoms with Crippen LogP contribution in [0.25, 0.3) is 6.08 Å². The third-order valence-electron chi connectivity index (χ3n) is 4.41. The lowest BCUT2D eigenvalue weighted by Crippen LogP contribution is -2.32. The van der Waals surface area contributed by atoms with Gasteiger partial charge in [0.25, 0.3) is 5.91 Å². The Bertz CT molecular complexity index is 881. The zero-order chi connectivity index (χ0) is 19.8. The van der Waals surface area contributed by atoms with Crippen LogP contribution in [0.5, 0.6) is 5.75 Å². The number of hydrogen-bond acceptors (Lipinski definition) is 4. The van der Waals surface area contributed by atoms with E-state index >= 15 is 0 Å². The van der Waals surface area contributed by atoms with E-state index in [1.54, 1.807) is 24.3 Å². The van der Waals surface area contributed by atoms with Gasteiger partial charge < -0.3 is 14.8 Å². The lowest BCUT2D eigenvalue weighted by atomic mass is 10.1. The zero-order valence-electron chi connectivity index (χ0n) is 15.4. The largest absolute Gasteiger partial charge is 0.488 e. The summed E-state index contributed by atoms with van der Waals surface area (Å²) in [6.45, 7) is 1.49. The maximum Gasteiger partial charge on any atom is 0.262 e. The zero-order valence-corrected chi connectivity index (χ0v) is 16.1. The van der Waals surface area contributed by atoms with Gasteiger partial charge in [0.2, 0.25) is 0 Å². The van der Waals surface area contributed by atoms with Crippen LogP contribution in [0.1, 0.15) is 24.0 Å². The summed E-state index contributed by atoms with van der Waals surface area (Å²) < 4.78 is 11.4. The van der Waals surface area contributed by atoms with Crippen LogP contribution in [0.4, 0.5) is 0 Å². The van der Waals surface area contributed by atoms with Gasteiger partial charge in [-0.1, -0.05) is 41.9 Å². The first kappa shape index (κ1) is 19.9. The average Bonchev–Trinajstić information content (AvgIpc) is 3.24. The fraction of sp³-hybridized carbons (Fsp3) is 0.273. The minimum atomic E-state index is -0.412. The standard InChI is InChI=1S/C22H21ClN2O3/c23-19-9-7-16(8-10-19)15-28-21-6-2-1-4-17(21)12-18(13-24)22(26)25-14-20-5-3-11-27-20/h1-2,4,6-10,12,20H,3,5,11,14-15H2,(H,25,26). The maximum absolute atomic E-state index is 12.3. The van der Waals surface area contributed by atoms with E-state index in [2.05, 4.69) is 5.32 Å². The van der Waals surface area contributed by atoms with E-state index in [1.165, 1.54) is 0 Å². The number of para-hydroxylation sites is 1. The number of rotatable bonds is 7. The van der Waals surface area contributed by atoms with Gasteiger partial charge in [0.1, 0.15) is 24.0 Å². The van der Waals surface area contributed by atoms with E-state index in [-0.39, 0.29) is 11.7 Å². The van der Waals surface area contributed by atoms with Crippen LogP contribution in [0.15, 0.2) is 54.1 Å². The second kappa shape index (κ2) is 9.93. The maximum atomic E-state index is 12.3.